The highest BCUT2D eigenvalue weighted by Gasteiger charge is 2.29. The van der Waals surface area contributed by atoms with Gasteiger partial charge in [0.05, 0.1) is 82.9 Å². The molecule has 1 amide bonds. The number of aryl methyl sites for hydroxylation is 1. The van der Waals surface area contributed by atoms with Crippen LogP contribution in [-0.2, 0) is 52.8 Å². The summed E-state index contributed by atoms with van der Waals surface area (Å²) in [6, 6.07) is 7.98. The number of hydrogen-bond donors (Lipinski definition) is 3. The minimum absolute atomic E-state index is 0.0878. The van der Waals surface area contributed by atoms with Crippen LogP contribution in [0.5, 0.6) is 5.75 Å². The second kappa shape index (κ2) is 29.3. The van der Waals surface area contributed by atoms with Crippen LogP contribution in [0.15, 0.2) is 29.1 Å². The molecule has 1 aromatic carbocycles. The fourth-order valence-corrected chi connectivity index (χ4v) is 9.41. The number of rotatable bonds is 32. The molecule has 1 unspecified atom stereocenters. The molecule has 3 aromatic rings. The summed E-state index contributed by atoms with van der Waals surface area (Å²) >= 11 is 0. The molecule has 0 saturated heterocycles. The van der Waals surface area contributed by atoms with Gasteiger partial charge >= 0.3 is 0 Å². The highest BCUT2D eigenvalue weighted by molar-refractivity contribution is 8.77. The number of amides is 1. The Labute approximate surface area is 370 Å². The number of carbonyl (C=O) groups is 2. The molecule has 0 aliphatic carbocycles. The van der Waals surface area contributed by atoms with Gasteiger partial charge in [-0.2, -0.15) is 0 Å². The second-order valence-electron chi connectivity index (χ2n) is 15.1. The van der Waals surface area contributed by atoms with Gasteiger partial charge in [-0.15, -0.1) is 0 Å². The molecule has 16 heteroatoms. The number of aliphatic hydroxyl groups excluding tert-OH is 1. The van der Waals surface area contributed by atoms with Gasteiger partial charge in [-0.25, -0.2) is 4.98 Å². The molecule has 0 saturated carbocycles. The lowest BCUT2D eigenvalue weighted by molar-refractivity contribution is -0.121. The summed E-state index contributed by atoms with van der Waals surface area (Å²) in [5.74, 6) is 1.42. The Morgan fingerprint density at radius 1 is 0.951 bits per heavy atom. The summed E-state index contributed by atoms with van der Waals surface area (Å²) in [6.07, 6.45) is 6.39. The van der Waals surface area contributed by atoms with E-state index in [1.165, 1.54) is 0 Å². The molecule has 1 atom stereocenters. The molecule has 342 valence electrons. The minimum atomic E-state index is -0.378. The van der Waals surface area contributed by atoms with Crippen LogP contribution in [0, 0.1) is 0 Å². The van der Waals surface area contributed by atoms with Crippen molar-refractivity contribution in [2.45, 2.75) is 96.5 Å². The zero-order chi connectivity index (χ0) is 44.5. The van der Waals surface area contributed by atoms with E-state index in [1.807, 2.05) is 25.1 Å². The van der Waals surface area contributed by atoms with Gasteiger partial charge < -0.3 is 53.9 Å². The molecule has 1 aliphatic rings. The van der Waals surface area contributed by atoms with E-state index in [2.05, 4.69) is 32.2 Å². The maximum atomic E-state index is 13.7. The van der Waals surface area contributed by atoms with Crippen molar-refractivity contribution < 1.29 is 43.1 Å². The van der Waals surface area contributed by atoms with Crippen LogP contribution in [0.4, 0.5) is 0 Å². The van der Waals surface area contributed by atoms with Crippen LogP contribution in [0.3, 0.4) is 0 Å². The van der Waals surface area contributed by atoms with Crippen molar-refractivity contribution in [3.8, 4) is 17.1 Å². The summed E-state index contributed by atoms with van der Waals surface area (Å²) in [6.45, 7) is 15.1. The first kappa shape index (κ1) is 52.3. The van der Waals surface area contributed by atoms with Crippen molar-refractivity contribution in [2.24, 2.45) is 5.73 Å². The fourth-order valence-electron chi connectivity index (χ4n) is 6.90. The number of aliphatic hydroxyl groups is 1. The number of benzene rings is 1. The molecular weight excluding hydrogens is 821 g/mol. The topological polar surface area (TPSA) is 183 Å². The summed E-state index contributed by atoms with van der Waals surface area (Å²) in [7, 11) is 6.15. The zero-order valence-corrected chi connectivity index (χ0v) is 38.9. The highest BCUT2D eigenvalue weighted by atomic mass is 33.1. The van der Waals surface area contributed by atoms with Crippen molar-refractivity contribution in [1.82, 2.24) is 14.9 Å². The molecule has 4 N–H and O–H groups in total. The number of nitrogens with two attached hydrogens (primary N) is 1. The monoisotopic (exact) mass is 890 g/mol. The van der Waals surface area contributed by atoms with Gasteiger partial charge in [-0.1, -0.05) is 41.9 Å². The SMILES string of the molecule is CCc1c2c(nc3ccc(OCCCSSC(C)(C)CNC(=O)CCCCCOCCOCCOCCOCCN)cc13)-c1cc(C(C=O)CC)c(COC)c(=O)n1C2.CO. The number of nitrogens with zero attached hydrogens (tertiary/aromatic N) is 2. The first-order valence-corrected chi connectivity index (χ1v) is 23.8. The van der Waals surface area contributed by atoms with E-state index in [0.717, 1.165) is 96.0 Å². The third-order valence-corrected chi connectivity index (χ3v) is 13.4. The van der Waals surface area contributed by atoms with E-state index in [4.69, 9.17) is 44.2 Å². The maximum absolute atomic E-state index is 13.7. The van der Waals surface area contributed by atoms with Gasteiger partial charge in [-0.05, 0) is 81.3 Å². The van der Waals surface area contributed by atoms with Crippen LogP contribution in [-0.4, -0.2) is 124 Å². The lowest BCUT2D eigenvalue weighted by atomic mass is 9.93. The van der Waals surface area contributed by atoms with Gasteiger partial charge in [-0.3, -0.25) is 9.59 Å². The summed E-state index contributed by atoms with van der Waals surface area (Å²) in [5.41, 5.74) is 11.1. The molecule has 3 heterocycles. The molecule has 1 aliphatic heterocycles. The van der Waals surface area contributed by atoms with E-state index >= 15 is 0 Å². The largest absolute Gasteiger partial charge is 0.494 e. The summed E-state index contributed by atoms with van der Waals surface area (Å²) < 4.78 is 35.0. The number of ether oxygens (including phenoxy) is 6. The first-order valence-electron chi connectivity index (χ1n) is 21.5. The van der Waals surface area contributed by atoms with Crippen molar-refractivity contribution in [3.63, 3.8) is 0 Å². The number of fused-ring (bicyclic) bond motifs is 4. The predicted molar refractivity (Wildman–Crippen MR) is 246 cm³/mol. The van der Waals surface area contributed by atoms with Gasteiger partial charge in [0.1, 0.15) is 12.0 Å². The standard InChI is InChI=1S/C44H66N4O9S2.CH4O/c1-6-32(29-49)35-27-40-42-37(28-48(40)43(51)38(35)30-52-5)34(7-2)36-26-33(13-14-39(36)47-42)57-17-11-25-58-59-44(3,4)31-46-41(50)12-9-8-10-16-53-19-21-55-23-24-56-22-20-54-18-15-45;1-2/h13-14,26-27,29,32H,6-12,15-25,28,30-31,45H2,1-5H3,(H,46,50);2H,1H3. The third-order valence-electron chi connectivity index (χ3n) is 10.0. The quantitative estimate of drug-likeness (QED) is 0.0292. The Balaban J connectivity index is 0.00000489. The van der Waals surface area contributed by atoms with E-state index in [0.29, 0.717) is 97.5 Å². The number of pyridine rings is 2. The Kier molecular flexibility index (Phi) is 25.1. The minimum Gasteiger partial charge on any atom is -0.494 e. The number of aldehydes is 1. The van der Waals surface area contributed by atoms with Gasteiger partial charge in [0, 0.05) is 73.3 Å². The average Bonchev–Trinajstić information content (AvgIpc) is 3.63. The van der Waals surface area contributed by atoms with E-state index in [1.54, 1.807) is 33.3 Å². The molecular formula is C45H70N4O10S2. The fraction of sp³-hybridized carbons (Fsp3) is 0.644. The lowest BCUT2D eigenvalue weighted by Crippen LogP contribution is -2.35. The molecule has 14 nitrogen and oxygen atoms in total. The highest BCUT2D eigenvalue weighted by Crippen LogP contribution is 2.39. The normalized spacial score (nSPS) is 12.5. The van der Waals surface area contributed by atoms with Crippen molar-refractivity contribution in [2.75, 3.05) is 92.5 Å². The maximum Gasteiger partial charge on any atom is 0.257 e. The molecule has 0 spiro atoms. The van der Waals surface area contributed by atoms with Crippen LogP contribution in [0.1, 0.15) is 94.4 Å². The number of carbonyl (C=O) groups excluding carboxylic acids is 2. The number of aromatic nitrogens is 2. The second-order valence-corrected chi connectivity index (χ2v) is 18.2. The van der Waals surface area contributed by atoms with E-state index in [-0.39, 0.29) is 28.7 Å². The Morgan fingerprint density at radius 3 is 2.28 bits per heavy atom. The number of nitrogens with one attached hydrogen (secondary N) is 1. The Morgan fingerprint density at radius 2 is 1.64 bits per heavy atom. The number of unbranched alkanes of at least 4 members (excludes halogenated alkanes) is 2. The Bertz CT molecular complexity index is 1830. The molecule has 61 heavy (non-hydrogen) atoms. The lowest BCUT2D eigenvalue weighted by Gasteiger charge is -2.23. The van der Waals surface area contributed by atoms with Crippen molar-refractivity contribution in [3.05, 3.63) is 56.9 Å². The zero-order valence-electron chi connectivity index (χ0n) is 37.2. The van der Waals surface area contributed by atoms with Gasteiger partial charge in [0.15, 0.2) is 0 Å². The van der Waals surface area contributed by atoms with Crippen LogP contribution in [0.2, 0.25) is 0 Å². The van der Waals surface area contributed by atoms with Crippen LogP contribution in [0.25, 0.3) is 22.3 Å². The van der Waals surface area contributed by atoms with Crippen LogP contribution >= 0.6 is 21.6 Å². The molecule has 4 rings (SSSR count). The number of methoxy groups -OCH3 is 1. The van der Waals surface area contributed by atoms with Gasteiger partial charge in [0.2, 0.25) is 5.91 Å². The molecule has 0 bridgehead atoms. The molecule has 2 aromatic heterocycles. The molecule has 0 radical (unpaired) electrons. The van der Waals surface area contributed by atoms with E-state index in [9.17, 15) is 14.4 Å². The molecule has 0 fully saturated rings. The van der Waals surface area contributed by atoms with Crippen molar-refractivity contribution in [1.29, 1.82) is 0 Å². The number of hydrogen-bond acceptors (Lipinski definition) is 14. The smallest absolute Gasteiger partial charge is 0.257 e. The van der Waals surface area contributed by atoms with Crippen LogP contribution < -0.4 is 21.3 Å². The van der Waals surface area contributed by atoms with E-state index < -0.39 is 0 Å². The third kappa shape index (κ3) is 16.9. The van der Waals surface area contributed by atoms with Gasteiger partial charge in [0.25, 0.3) is 5.56 Å². The van der Waals surface area contributed by atoms with Crippen molar-refractivity contribution >= 4 is 44.7 Å². The summed E-state index contributed by atoms with van der Waals surface area (Å²) in [4.78, 5) is 43.2. The predicted octanol–water partition coefficient (Wildman–Crippen LogP) is 6.07. The first-order chi connectivity index (χ1) is 29.7. The summed E-state index contributed by atoms with van der Waals surface area (Å²) in [5, 5.41) is 11.1. The average molecular weight is 891 g/mol. The Hall–Kier alpha value is -3.06.